The summed E-state index contributed by atoms with van der Waals surface area (Å²) in [7, 11) is 0. The lowest BCUT2D eigenvalue weighted by atomic mass is 10.1. The summed E-state index contributed by atoms with van der Waals surface area (Å²) in [6.45, 7) is 1.98. The number of nitrogens with one attached hydrogen (secondary N) is 3. The predicted octanol–water partition coefficient (Wildman–Crippen LogP) is 5.03. The van der Waals surface area contributed by atoms with Gasteiger partial charge in [0.1, 0.15) is 0 Å². The summed E-state index contributed by atoms with van der Waals surface area (Å²) in [5.74, 6) is -0.886. The first-order chi connectivity index (χ1) is 16.5. The number of amides is 2. The summed E-state index contributed by atoms with van der Waals surface area (Å²) < 4.78 is 0. The third-order valence-corrected chi connectivity index (χ3v) is 5.67. The van der Waals surface area contributed by atoms with Crippen LogP contribution in [0.3, 0.4) is 0 Å². The quantitative estimate of drug-likeness (QED) is 0.171. The minimum absolute atomic E-state index is 0.258. The van der Waals surface area contributed by atoms with Crippen molar-refractivity contribution in [3.63, 3.8) is 0 Å². The van der Waals surface area contributed by atoms with Gasteiger partial charge in [0.2, 0.25) is 0 Å². The van der Waals surface area contributed by atoms with Crippen LogP contribution in [-0.4, -0.2) is 27.0 Å². The van der Waals surface area contributed by atoms with Crippen LogP contribution in [0.2, 0.25) is 0 Å². The van der Waals surface area contributed by atoms with Crippen molar-refractivity contribution in [3.8, 4) is 11.3 Å². The van der Waals surface area contributed by atoms with Crippen molar-refractivity contribution >= 4 is 45.7 Å². The van der Waals surface area contributed by atoms with Crippen molar-refractivity contribution in [1.29, 1.82) is 0 Å². The molecule has 34 heavy (non-hydrogen) atoms. The second kappa shape index (κ2) is 10.5. The third kappa shape index (κ3) is 5.71. The smallest absolute Gasteiger partial charge is 0.267 e. The minimum Gasteiger partial charge on any atom is -0.331 e. The Kier molecular flexibility index (Phi) is 7.07. The summed E-state index contributed by atoms with van der Waals surface area (Å²) in [5, 5.41) is 17.5. The molecule has 2 amide bonds. The van der Waals surface area contributed by atoms with E-state index in [1.807, 2.05) is 42.6 Å². The molecule has 4 aromatic rings. The number of thiazole rings is 1. The Balaban J connectivity index is 1.44. The van der Waals surface area contributed by atoms with E-state index in [1.54, 1.807) is 36.7 Å². The number of hydrogen-bond acceptors (Lipinski definition) is 7. The van der Waals surface area contributed by atoms with Crippen LogP contribution in [0, 0.1) is 6.92 Å². The molecule has 0 aliphatic rings. The molecule has 0 saturated carbocycles. The number of anilines is 3. The molecule has 0 aliphatic carbocycles. The Morgan fingerprint density at radius 2 is 1.91 bits per heavy atom. The molecule has 0 aliphatic heterocycles. The molecule has 2 heterocycles. The van der Waals surface area contributed by atoms with Crippen molar-refractivity contribution in [2.45, 2.75) is 6.92 Å². The number of hydroxylamine groups is 1. The maximum atomic E-state index is 12.7. The van der Waals surface area contributed by atoms with E-state index in [0.717, 1.165) is 33.2 Å². The van der Waals surface area contributed by atoms with E-state index in [4.69, 9.17) is 5.21 Å². The average molecular weight is 472 g/mol. The number of rotatable bonds is 7. The van der Waals surface area contributed by atoms with E-state index < -0.39 is 5.91 Å². The summed E-state index contributed by atoms with van der Waals surface area (Å²) in [5.41, 5.74) is 7.00. The lowest BCUT2D eigenvalue weighted by molar-refractivity contribution is -0.124. The Hall–Kier alpha value is -4.34. The summed E-state index contributed by atoms with van der Waals surface area (Å²) in [6.07, 6.45) is 6.22. The SMILES string of the molecule is Cc1ccc(NC(=O)c2ccc(C=CC(=O)NO)cc2)cc1Nc1nc(-c2cccnc2)cs1. The van der Waals surface area contributed by atoms with E-state index in [-0.39, 0.29) is 5.91 Å². The number of aromatic nitrogens is 2. The van der Waals surface area contributed by atoms with Gasteiger partial charge in [0, 0.05) is 46.4 Å². The molecule has 0 spiro atoms. The molecule has 0 saturated heterocycles. The van der Waals surface area contributed by atoms with Gasteiger partial charge in [0.05, 0.1) is 5.69 Å². The molecule has 0 radical (unpaired) electrons. The molecule has 0 fully saturated rings. The highest BCUT2D eigenvalue weighted by Crippen LogP contribution is 2.29. The fraction of sp³-hybridized carbons (Fsp3) is 0.0400. The minimum atomic E-state index is -0.628. The van der Waals surface area contributed by atoms with Gasteiger partial charge < -0.3 is 10.6 Å². The lowest BCUT2D eigenvalue weighted by Crippen LogP contribution is -2.14. The summed E-state index contributed by atoms with van der Waals surface area (Å²) in [4.78, 5) is 32.5. The van der Waals surface area contributed by atoms with Crippen molar-refractivity contribution in [2.24, 2.45) is 0 Å². The van der Waals surface area contributed by atoms with Gasteiger partial charge in [-0.3, -0.25) is 19.8 Å². The molecule has 9 heteroatoms. The van der Waals surface area contributed by atoms with Crippen molar-refractivity contribution in [3.05, 3.63) is 95.1 Å². The maximum absolute atomic E-state index is 12.7. The fourth-order valence-electron chi connectivity index (χ4n) is 3.09. The standard InChI is InChI=1S/C25H21N5O3S/c1-16-4-10-20(27-24(32)18-8-5-17(6-9-18)7-11-23(31)30-33)13-21(16)28-25-29-22(15-34-25)19-3-2-12-26-14-19/h2-15,33H,1H3,(H,27,32)(H,28,29)(H,30,31). The molecule has 4 N–H and O–H groups in total. The highest BCUT2D eigenvalue weighted by atomic mass is 32.1. The van der Waals surface area contributed by atoms with Gasteiger partial charge in [-0.15, -0.1) is 11.3 Å². The summed E-state index contributed by atoms with van der Waals surface area (Å²) in [6, 6.07) is 16.2. The highest BCUT2D eigenvalue weighted by molar-refractivity contribution is 7.14. The number of nitrogens with zero attached hydrogens (tertiary/aromatic N) is 2. The number of hydrogen-bond donors (Lipinski definition) is 4. The van der Waals surface area contributed by atoms with Gasteiger partial charge in [-0.25, -0.2) is 10.5 Å². The molecule has 0 bridgehead atoms. The molecule has 2 aromatic heterocycles. The zero-order valence-electron chi connectivity index (χ0n) is 18.1. The normalized spacial score (nSPS) is 10.8. The van der Waals surface area contributed by atoms with Crippen molar-refractivity contribution in [2.75, 3.05) is 10.6 Å². The van der Waals surface area contributed by atoms with Gasteiger partial charge in [0.15, 0.2) is 5.13 Å². The zero-order chi connectivity index (χ0) is 23.9. The number of carbonyl (C=O) groups excluding carboxylic acids is 2. The molecular formula is C25H21N5O3S. The van der Waals surface area contributed by atoms with Gasteiger partial charge in [-0.2, -0.15) is 0 Å². The van der Waals surface area contributed by atoms with Gasteiger partial charge in [0.25, 0.3) is 11.8 Å². The van der Waals surface area contributed by atoms with Crippen LogP contribution in [0.1, 0.15) is 21.5 Å². The van der Waals surface area contributed by atoms with Crippen LogP contribution in [0.4, 0.5) is 16.5 Å². The van der Waals surface area contributed by atoms with E-state index in [0.29, 0.717) is 11.3 Å². The molecule has 2 aromatic carbocycles. The predicted molar refractivity (Wildman–Crippen MR) is 133 cm³/mol. The van der Waals surface area contributed by atoms with Crippen LogP contribution in [0.5, 0.6) is 0 Å². The van der Waals surface area contributed by atoms with E-state index in [1.165, 1.54) is 29.0 Å². The Labute approximate surface area is 200 Å². The largest absolute Gasteiger partial charge is 0.331 e. The molecule has 170 valence electrons. The average Bonchev–Trinajstić information content (AvgIpc) is 3.34. The molecule has 0 unspecified atom stereocenters. The first-order valence-corrected chi connectivity index (χ1v) is 11.2. The van der Waals surface area contributed by atoms with Crippen LogP contribution in [-0.2, 0) is 4.79 Å². The Morgan fingerprint density at radius 3 is 2.65 bits per heavy atom. The van der Waals surface area contributed by atoms with E-state index >= 15 is 0 Å². The van der Waals surface area contributed by atoms with Crippen LogP contribution < -0.4 is 16.1 Å². The molecule has 4 rings (SSSR count). The topological polar surface area (TPSA) is 116 Å². The summed E-state index contributed by atoms with van der Waals surface area (Å²) >= 11 is 1.49. The van der Waals surface area contributed by atoms with E-state index in [9.17, 15) is 9.59 Å². The molecular weight excluding hydrogens is 450 g/mol. The van der Waals surface area contributed by atoms with Crippen LogP contribution >= 0.6 is 11.3 Å². The first kappa shape index (κ1) is 22.8. The zero-order valence-corrected chi connectivity index (χ0v) is 19.0. The monoisotopic (exact) mass is 471 g/mol. The third-order valence-electron chi connectivity index (χ3n) is 4.91. The van der Waals surface area contributed by atoms with Gasteiger partial charge in [-0.1, -0.05) is 18.2 Å². The highest BCUT2D eigenvalue weighted by Gasteiger charge is 2.10. The van der Waals surface area contributed by atoms with Crippen LogP contribution in [0.25, 0.3) is 17.3 Å². The van der Waals surface area contributed by atoms with Gasteiger partial charge in [-0.05, 0) is 60.5 Å². The number of benzene rings is 2. The van der Waals surface area contributed by atoms with Crippen molar-refractivity contribution < 1.29 is 14.8 Å². The number of aryl methyl sites for hydroxylation is 1. The number of pyridine rings is 1. The molecule has 8 nitrogen and oxygen atoms in total. The Bertz CT molecular complexity index is 1330. The lowest BCUT2D eigenvalue weighted by Gasteiger charge is -2.11. The second-order valence-corrected chi connectivity index (χ2v) is 8.18. The second-order valence-electron chi connectivity index (χ2n) is 7.32. The number of carbonyl (C=O) groups is 2. The van der Waals surface area contributed by atoms with Gasteiger partial charge >= 0.3 is 0 Å². The Morgan fingerprint density at radius 1 is 1.09 bits per heavy atom. The van der Waals surface area contributed by atoms with Crippen LogP contribution in [0.15, 0.2) is 78.4 Å². The van der Waals surface area contributed by atoms with E-state index in [2.05, 4.69) is 20.6 Å². The molecule has 0 atom stereocenters. The fourth-order valence-corrected chi connectivity index (χ4v) is 3.82. The van der Waals surface area contributed by atoms with Crippen molar-refractivity contribution in [1.82, 2.24) is 15.4 Å². The maximum Gasteiger partial charge on any atom is 0.267 e. The first-order valence-electron chi connectivity index (χ1n) is 10.3.